The minimum atomic E-state index is -2.88. The molecule has 2 amide bonds. The summed E-state index contributed by atoms with van der Waals surface area (Å²) in [7, 11) is 0. The first-order chi connectivity index (χ1) is 14.5. The van der Waals surface area contributed by atoms with Gasteiger partial charge in [0.15, 0.2) is 0 Å². The summed E-state index contributed by atoms with van der Waals surface area (Å²) < 4.78 is 29.2. The average molecular weight is 413 g/mol. The molecule has 0 spiro atoms. The number of hydrogen-bond acceptors (Lipinski definition) is 3. The number of nitrogens with one attached hydrogen (secondary N) is 3. The summed E-state index contributed by atoms with van der Waals surface area (Å²) in [6, 6.07) is 13.7. The zero-order valence-electron chi connectivity index (χ0n) is 16.1. The van der Waals surface area contributed by atoms with E-state index in [4.69, 9.17) is 0 Å². The van der Waals surface area contributed by atoms with E-state index in [0.717, 1.165) is 27.7 Å². The molecule has 1 atom stereocenters. The lowest BCUT2D eigenvalue weighted by Crippen LogP contribution is -2.40. The molecule has 1 fully saturated rings. The van der Waals surface area contributed by atoms with Crippen molar-refractivity contribution < 1.29 is 23.1 Å². The largest absolute Gasteiger partial charge is 0.435 e. The second kappa shape index (κ2) is 8.52. The molecule has 0 radical (unpaired) electrons. The zero-order chi connectivity index (χ0) is 21.1. The van der Waals surface area contributed by atoms with E-state index in [2.05, 4.69) is 20.4 Å². The van der Waals surface area contributed by atoms with Gasteiger partial charge >= 0.3 is 6.61 Å². The number of rotatable bonds is 7. The molecule has 6 nitrogen and oxygen atoms in total. The van der Waals surface area contributed by atoms with Crippen molar-refractivity contribution in [3.63, 3.8) is 0 Å². The minimum absolute atomic E-state index is 0.0839. The fraction of sp³-hybridized carbons (Fsp3) is 0.273. The van der Waals surface area contributed by atoms with Crippen LogP contribution in [0.3, 0.4) is 0 Å². The molecule has 30 heavy (non-hydrogen) atoms. The summed E-state index contributed by atoms with van der Waals surface area (Å²) in [5, 5.41) is 6.47. The van der Waals surface area contributed by atoms with Crippen molar-refractivity contribution in [3.8, 4) is 17.0 Å². The monoisotopic (exact) mass is 413 g/mol. The van der Waals surface area contributed by atoms with Crippen molar-refractivity contribution in [3.05, 3.63) is 54.1 Å². The number of alkyl halides is 2. The Kier molecular flexibility index (Phi) is 5.65. The lowest BCUT2D eigenvalue weighted by molar-refractivity contribution is -0.127. The number of aromatic nitrogens is 1. The minimum Gasteiger partial charge on any atom is -0.435 e. The van der Waals surface area contributed by atoms with E-state index < -0.39 is 12.7 Å². The fourth-order valence-electron chi connectivity index (χ4n) is 3.75. The van der Waals surface area contributed by atoms with Gasteiger partial charge < -0.3 is 20.4 Å². The van der Waals surface area contributed by atoms with Gasteiger partial charge in [-0.3, -0.25) is 9.59 Å². The highest BCUT2D eigenvalue weighted by Crippen LogP contribution is 2.32. The van der Waals surface area contributed by atoms with Crippen LogP contribution < -0.4 is 15.4 Å². The normalized spacial score (nSPS) is 16.1. The number of aromatic amines is 1. The summed E-state index contributed by atoms with van der Waals surface area (Å²) in [5.74, 6) is -0.253. The van der Waals surface area contributed by atoms with Crippen LogP contribution in [-0.2, 0) is 16.0 Å². The van der Waals surface area contributed by atoms with Gasteiger partial charge in [-0.05, 0) is 54.3 Å². The molecule has 0 bridgehead atoms. The maximum Gasteiger partial charge on any atom is 0.387 e. The van der Waals surface area contributed by atoms with Crippen molar-refractivity contribution in [2.45, 2.75) is 31.9 Å². The number of halogens is 2. The Morgan fingerprint density at radius 2 is 1.93 bits per heavy atom. The first-order valence-corrected chi connectivity index (χ1v) is 9.73. The highest BCUT2D eigenvalue weighted by Gasteiger charge is 2.25. The summed E-state index contributed by atoms with van der Waals surface area (Å²) in [6.45, 7) is -2.30. The number of ether oxygens (including phenoxy) is 1. The molecule has 2 aromatic carbocycles. The number of benzene rings is 2. The Bertz CT molecular complexity index is 1060. The number of carbonyl (C=O) groups is 2. The van der Waals surface area contributed by atoms with Gasteiger partial charge in [-0.15, -0.1) is 0 Å². The molecule has 2 heterocycles. The van der Waals surface area contributed by atoms with E-state index in [-0.39, 0.29) is 24.0 Å². The summed E-state index contributed by atoms with van der Waals surface area (Å²) in [5.41, 5.74) is 3.51. The topological polar surface area (TPSA) is 83.2 Å². The Balaban J connectivity index is 1.56. The van der Waals surface area contributed by atoms with Crippen LogP contribution in [0, 0.1) is 0 Å². The molecule has 1 aliphatic rings. The Morgan fingerprint density at radius 1 is 1.17 bits per heavy atom. The van der Waals surface area contributed by atoms with Crippen LogP contribution in [0.15, 0.2) is 48.5 Å². The van der Waals surface area contributed by atoms with Gasteiger partial charge in [-0.1, -0.05) is 18.2 Å². The summed E-state index contributed by atoms with van der Waals surface area (Å²) >= 11 is 0. The van der Waals surface area contributed by atoms with E-state index in [9.17, 15) is 18.4 Å². The second-order valence-corrected chi connectivity index (χ2v) is 7.13. The molecule has 0 saturated carbocycles. The van der Waals surface area contributed by atoms with E-state index in [1.165, 1.54) is 12.1 Å². The molecule has 0 aliphatic carbocycles. The van der Waals surface area contributed by atoms with Crippen LogP contribution in [0.1, 0.15) is 18.4 Å². The molecule has 4 rings (SSSR count). The third-order valence-electron chi connectivity index (χ3n) is 5.17. The van der Waals surface area contributed by atoms with Crippen molar-refractivity contribution in [2.24, 2.45) is 0 Å². The molecule has 1 unspecified atom stereocenters. The molecule has 8 heteroatoms. The predicted molar refractivity (Wildman–Crippen MR) is 108 cm³/mol. The van der Waals surface area contributed by atoms with Crippen molar-refractivity contribution in [2.75, 3.05) is 6.54 Å². The van der Waals surface area contributed by atoms with Gasteiger partial charge in [0.1, 0.15) is 11.8 Å². The van der Waals surface area contributed by atoms with Crippen LogP contribution in [0.2, 0.25) is 0 Å². The highest BCUT2D eigenvalue weighted by molar-refractivity contribution is 5.92. The average Bonchev–Trinajstić information content (AvgIpc) is 3.30. The first kappa shape index (κ1) is 19.9. The SMILES string of the molecule is O=C(CCc1c(-c2ccc(OC(F)F)cc2)[nH]c2ccccc12)NC1CCNC1=O. The van der Waals surface area contributed by atoms with E-state index in [1.807, 2.05) is 24.3 Å². The lowest BCUT2D eigenvalue weighted by Gasteiger charge is -2.11. The van der Waals surface area contributed by atoms with Crippen LogP contribution in [0.25, 0.3) is 22.2 Å². The van der Waals surface area contributed by atoms with Gasteiger partial charge in [0.05, 0.1) is 0 Å². The molecular weight excluding hydrogens is 392 g/mol. The number of para-hydroxylation sites is 1. The lowest BCUT2D eigenvalue weighted by atomic mass is 10.0. The molecule has 1 aromatic heterocycles. The van der Waals surface area contributed by atoms with Gasteiger partial charge in [-0.2, -0.15) is 8.78 Å². The Morgan fingerprint density at radius 3 is 2.63 bits per heavy atom. The maximum absolute atomic E-state index is 12.4. The standard InChI is InChI=1S/C22H21F2N3O3/c23-22(24)30-14-7-5-13(6-8-14)20-16(15-3-1-2-4-17(15)27-20)9-10-19(28)26-18-11-12-25-21(18)29/h1-8,18,22,27H,9-12H2,(H,25,29)(H,26,28). The molecule has 3 N–H and O–H groups in total. The van der Waals surface area contributed by atoms with E-state index >= 15 is 0 Å². The van der Waals surface area contributed by atoms with Crippen LogP contribution in [-0.4, -0.2) is 36.0 Å². The van der Waals surface area contributed by atoms with Crippen LogP contribution in [0.4, 0.5) is 8.78 Å². The van der Waals surface area contributed by atoms with Crippen LogP contribution in [0.5, 0.6) is 5.75 Å². The number of fused-ring (bicyclic) bond motifs is 1. The Hall–Kier alpha value is -3.42. The van der Waals surface area contributed by atoms with Crippen molar-refractivity contribution in [1.29, 1.82) is 0 Å². The number of H-pyrrole nitrogens is 1. The molecule has 3 aromatic rings. The van der Waals surface area contributed by atoms with Gasteiger partial charge in [0.25, 0.3) is 0 Å². The summed E-state index contributed by atoms with van der Waals surface area (Å²) in [4.78, 5) is 27.4. The molecule has 1 aliphatic heterocycles. The number of hydrogen-bond donors (Lipinski definition) is 3. The summed E-state index contributed by atoms with van der Waals surface area (Å²) in [6.07, 6.45) is 1.29. The third-order valence-corrected chi connectivity index (χ3v) is 5.17. The Labute approximate surface area is 171 Å². The number of carbonyl (C=O) groups excluding carboxylic acids is 2. The van der Waals surface area contributed by atoms with Gasteiger partial charge in [-0.25, -0.2) is 0 Å². The molecular formula is C22H21F2N3O3. The smallest absolute Gasteiger partial charge is 0.387 e. The fourth-order valence-corrected chi connectivity index (χ4v) is 3.75. The first-order valence-electron chi connectivity index (χ1n) is 9.73. The van der Waals surface area contributed by atoms with E-state index in [1.54, 1.807) is 12.1 Å². The van der Waals surface area contributed by atoms with Crippen molar-refractivity contribution in [1.82, 2.24) is 15.6 Å². The van der Waals surface area contributed by atoms with Crippen molar-refractivity contribution >= 4 is 22.7 Å². The quantitative estimate of drug-likeness (QED) is 0.555. The van der Waals surface area contributed by atoms with Gasteiger partial charge in [0.2, 0.25) is 11.8 Å². The highest BCUT2D eigenvalue weighted by atomic mass is 19.3. The number of aryl methyl sites for hydroxylation is 1. The predicted octanol–water partition coefficient (Wildman–Crippen LogP) is 3.37. The number of amides is 2. The zero-order valence-corrected chi connectivity index (χ0v) is 16.1. The molecule has 1 saturated heterocycles. The van der Waals surface area contributed by atoms with Crippen LogP contribution >= 0.6 is 0 Å². The third kappa shape index (κ3) is 4.27. The van der Waals surface area contributed by atoms with E-state index in [0.29, 0.717) is 19.4 Å². The second-order valence-electron chi connectivity index (χ2n) is 7.13. The van der Waals surface area contributed by atoms with Gasteiger partial charge in [0, 0.05) is 29.6 Å². The molecule has 156 valence electrons. The maximum atomic E-state index is 12.4.